The van der Waals surface area contributed by atoms with Crippen LogP contribution in [0.2, 0.25) is 0 Å². The van der Waals surface area contributed by atoms with Gasteiger partial charge in [0.25, 0.3) is 0 Å². The zero-order chi connectivity index (χ0) is 51.8. The first kappa shape index (κ1) is 64.8. The van der Waals surface area contributed by atoms with Crippen LogP contribution in [0, 0.1) is 23.7 Å². The van der Waals surface area contributed by atoms with E-state index in [9.17, 15) is 28.8 Å². The van der Waals surface area contributed by atoms with E-state index in [-0.39, 0.29) is 72.0 Å². The Labute approximate surface area is 427 Å². The van der Waals surface area contributed by atoms with Gasteiger partial charge in [0.2, 0.25) is 12.8 Å². The fourth-order valence-corrected chi connectivity index (χ4v) is 9.81. The average Bonchev–Trinajstić information content (AvgIpc) is 3.31. The highest BCUT2D eigenvalue weighted by Gasteiger charge is 2.44. The molecule has 0 spiro atoms. The number of amides is 2. The number of rotatable bonds is 46. The van der Waals surface area contributed by atoms with E-state index in [2.05, 4.69) is 38.3 Å². The van der Waals surface area contributed by atoms with Gasteiger partial charge in [-0.3, -0.25) is 19.2 Å². The van der Waals surface area contributed by atoms with Crippen molar-refractivity contribution in [2.45, 2.75) is 310 Å². The molecule has 0 aromatic rings. The lowest BCUT2D eigenvalue weighted by Crippen LogP contribution is -2.48. The van der Waals surface area contributed by atoms with Crippen LogP contribution in [-0.4, -0.2) is 73.2 Å². The molecule has 70 heavy (non-hydrogen) atoms. The summed E-state index contributed by atoms with van der Waals surface area (Å²) in [5.74, 6) is -0.605. The monoisotopic (exact) mass is 991 g/mol. The minimum absolute atomic E-state index is 0.0734. The molecule has 408 valence electrons. The number of nitrogens with one attached hydrogen (secondary N) is 2. The summed E-state index contributed by atoms with van der Waals surface area (Å²) in [6.45, 7) is 16.9. The van der Waals surface area contributed by atoms with Crippen molar-refractivity contribution in [2.24, 2.45) is 23.7 Å². The minimum Gasteiger partial charge on any atom is -0.461 e. The van der Waals surface area contributed by atoms with Crippen LogP contribution in [0.3, 0.4) is 0 Å². The SMILES string of the molecule is CCCCCCCCCCC[C@@H](C[C@@H]1OC(=O)[C@H]1CCCCCC)OC(=O)[C@H](CC(C)C)NC=O.CCCCCCCCCCC[C@@H](C[C@@H]1OC(=O)[C@H]1CCCCCC)OC(=O)[C@H](CC(C)C)NC=O. The summed E-state index contributed by atoms with van der Waals surface area (Å²) in [6.07, 6.45) is 37.0. The Kier molecular flexibility index (Phi) is 39.2. The zero-order valence-electron chi connectivity index (χ0n) is 46.1. The van der Waals surface area contributed by atoms with E-state index in [0.717, 1.165) is 77.0 Å². The van der Waals surface area contributed by atoms with Gasteiger partial charge in [0.15, 0.2) is 0 Å². The van der Waals surface area contributed by atoms with Crippen LogP contribution < -0.4 is 10.6 Å². The second-order valence-corrected chi connectivity index (χ2v) is 21.6. The minimum atomic E-state index is -0.632. The Morgan fingerprint density at radius 1 is 0.471 bits per heavy atom. The molecule has 2 heterocycles. The molecule has 12 heteroatoms. The first-order valence-electron chi connectivity index (χ1n) is 29.1. The largest absolute Gasteiger partial charge is 0.461 e. The van der Waals surface area contributed by atoms with E-state index in [1.807, 2.05) is 27.7 Å². The van der Waals surface area contributed by atoms with Gasteiger partial charge in [0, 0.05) is 12.8 Å². The summed E-state index contributed by atoms with van der Waals surface area (Å²) in [5, 5.41) is 5.24. The number of ether oxygens (including phenoxy) is 4. The van der Waals surface area contributed by atoms with Crippen LogP contribution in [0.5, 0.6) is 0 Å². The summed E-state index contributed by atoms with van der Waals surface area (Å²) >= 11 is 0. The van der Waals surface area contributed by atoms with Crippen molar-refractivity contribution in [2.75, 3.05) is 0 Å². The molecule has 2 rings (SSSR count). The number of esters is 4. The van der Waals surface area contributed by atoms with E-state index in [4.69, 9.17) is 18.9 Å². The first-order chi connectivity index (χ1) is 33.8. The molecule has 2 aliphatic rings. The van der Waals surface area contributed by atoms with Crippen molar-refractivity contribution >= 4 is 36.7 Å². The standard InChI is InChI=1S/2C29H53NO5/c2*1-5-7-9-11-12-13-14-15-16-18-24(34-29(33)26(30-22-31)20-23(3)4)21-27-25(28(32)35-27)19-17-10-8-6-2/h2*22-27H,5-21H2,1-4H3,(H,30,31)/t2*24-,25-,26-,27-/m00/s1. The van der Waals surface area contributed by atoms with Crippen LogP contribution in [0.25, 0.3) is 0 Å². The van der Waals surface area contributed by atoms with Gasteiger partial charge in [-0.2, -0.15) is 0 Å². The predicted octanol–water partition coefficient (Wildman–Crippen LogP) is 13.8. The van der Waals surface area contributed by atoms with E-state index in [1.165, 1.54) is 116 Å². The summed E-state index contributed by atoms with van der Waals surface area (Å²) in [6, 6.07) is -1.26. The van der Waals surface area contributed by atoms with Crippen molar-refractivity contribution in [1.82, 2.24) is 10.6 Å². The number of unbranched alkanes of at least 4 members (excludes halogenated alkanes) is 22. The lowest BCUT2D eigenvalue weighted by Gasteiger charge is -2.37. The molecule has 2 amide bonds. The van der Waals surface area contributed by atoms with Crippen molar-refractivity contribution in [3.8, 4) is 0 Å². The zero-order valence-corrected chi connectivity index (χ0v) is 46.1. The summed E-state index contributed by atoms with van der Waals surface area (Å²) in [5.41, 5.74) is 0. The van der Waals surface area contributed by atoms with Crippen LogP contribution in [0.15, 0.2) is 0 Å². The maximum atomic E-state index is 12.9. The highest BCUT2D eigenvalue weighted by atomic mass is 16.6. The van der Waals surface area contributed by atoms with Gasteiger partial charge in [-0.15, -0.1) is 0 Å². The van der Waals surface area contributed by atoms with Crippen LogP contribution in [0.1, 0.15) is 274 Å². The average molecular weight is 991 g/mol. The number of hydrogen-bond acceptors (Lipinski definition) is 10. The Balaban J connectivity index is 0.000000700. The third kappa shape index (κ3) is 30.6. The van der Waals surface area contributed by atoms with E-state index >= 15 is 0 Å². The summed E-state index contributed by atoms with van der Waals surface area (Å²) in [7, 11) is 0. The number of carbonyl (C=O) groups excluding carboxylic acids is 6. The quantitative estimate of drug-likeness (QED) is 0.0260. The van der Waals surface area contributed by atoms with Crippen molar-refractivity contribution in [1.29, 1.82) is 0 Å². The van der Waals surface area contributed by atoms with E-state index in [1.54, 1.807) is 0 Å². The normalized spacial score (nSPS) is 19.1. The molecule has 2 fully saturated rings. The summed E-state index contributed by atoms with van der Waals surface area (Å²) in [4.78, 5) is 71.9. The third-order valence-electron chi connectivity index (χ3n) is 14.1. The van der Waals surface area contributed by atoms with Crippen molar-refractivity contribution in [3.63, 3.8) is 0 Å². The van der Waals surface area contributed by atoms with E-state index in [0.29, 0.717) is 38.5 Å². The molecule has 0 unspecified atom stereocenters. The van der Waals surface area contributed by atoms with Gasteiger partial charge in [-0.05, 0) is 63.2 Å². The molecule has 0 saturated carbocycles. The lowest BCUT2D eigenvalue weighted by atomic mass is 9.86. The molecule has 12 nitrogen and oxygen atoms in total. The van der Waals surface area contributed by atoms with Gasteiger partial charge in [-0.1, -0.05) is 209 Å². The molecular weight excluding hydrogens is 885 g/mol. The Hall–Kier alpha value is -3.18. The van der Waals surface area contributed by atoms with Crippen LogP contribution in [0.4, 0.5) is 0 Å². The highest BCUT2D eigenvalue weighted by molar-refractivity contribution is 5.80. The molecule has 2 saturated heterocycles. The number of hydrogen-bond donors (Lipinski definition) is 2. The van der Waals surface area contributed by atoms with Gasteiger partial charge in [-0.25, -0.2) is 9.59 Å². The Bertz CT molecular complexity index is 1260. The fourth-order valence-electron chi connectivity index (χ4n) is 9.81. The Morgan fingerprint density at radius 2 is 0.757 bits per heavy atom. The van der Waals surface area contributed by atoms with Crippen LogP contribution >= 0.6 is 0 Å². The second-order valence-electron chi connectivity index (χ2n) is 21.6. The first-order valence-corrected chi connectivity index (χ1v) is 29.1. The topological polar surface area (TPSA) is 163 Å². The van der Waals surface area contributed by atoms with Gasteiger partial charge >= 0.3 is 23.9 Å². The highest BCUT2D eigenvalue weighted by Crippen LogP contribution is 2.34. The molecular formula is C58H106N2O10. The molecule has 0 aliphatic carbocycles. The maximum absolute atomic E-state index is 12.9. The van der Waals surface area contributed by atoms with E-state index < -0.39 is 12.1 Å². The Morgan fingerprint density at radius 3 is 1.03 bits per heavy atom. The van der Waals surface area contributed by atoms with Crippen LogP contribution in [-0.2, 0) is 47.7 Å². The predicted molar refractivity (Wildman–Crippen MR) is 282 cm³/mol. The van der Waals surface area contributed by atoms with Gasteiger partial charge in [0.05, 0.1) is 11.8 Å². The molecule has 2 aliphatic heterocycles. The lowest BCUT2D eigenvalue weighted by molar-refractivity contribution is -0.191. The molecule has 2 N–H and O–H groups in total. The fraction of sp³-hybridized carbons (Fsp3) is 0.897. The summed E-state index contributed by atoms with van der Waals surface area (Å²) < 4.78 is 22.8. The van der Waals surface area contributed by atoms with Gasteiger partial charge < -0.3 is 29.6 Å². The van der Waals surface area contributed by atoms with Crippen molar-refractivity contribution < 1.29 is 47.7 Å². The maximum Gasteiger partial charge on any atom is 0.328 e. The molecule has 0 aromatic carbocycles. The molecule has 0 aromatic heterocycles. The van der Waals surface area contributed by atoms with Crippen molar-refractivity contribution in [3.05, 3.63) is 0 Å². The van der Waals surface area contributed by atoms with Gasteiger partial charge in [0.1, 0.15) is 36.5 Å². The number of carbonyl (C=O) groups is 6. The molecule has 0 bridgehead atoms. The molecule has 8 atom stereocenters. The molecule has 0 radical (unpaired) electrons. The second kappa shape index (κ2) is 42.3. The number of cyclic esters (lactones) is 2. The smallest absolute Gasteiger partial charge is 0.328 e. The third-order valence-corrected chi connectivity index (χ3v) is 14.1.